The van der Waals surface area contributed by atoms with E-state index in [9.17, 15) is 0 Å². The lowest BCUT2D eigenvalue weighted by Crippen LogP contribution is -2.28. The van der Waals surface area contributed by atoms with Crippen LogP contribution in [0.25, 0.3) is 0 Å². The van der Waals surface area contributed by atoms with Gasteiger partial charge in [0.15, 0.2) is 0 Å². The first kappa shape index (κ1) is 9.06. The van der Waals surface area contributed by atoms with Gasteiger partial charge in [-0.1, -0.05) is 13.1 Å². The SMILES string of the molecule is CSC[Si](C)(C)CC#N. The molecular weight excluding hydrogens is 146 g/mol. The molecule has 0 aliphatic rings. The maximum Gasteiger partial charge on any atom is 0.0732 e. The van der Waals surface area contributed by atoms with Crippen LogP contribution in [-0.2, 0) is 0 Å². The van der Waals surface area contributed by atoms with E-state index in [1.807, 2.05) is 11.8 Å². The van der Waals surface area contributed by atoms with Crippen molar-refractivity contribution in [1.82, 2.24) is 0 Å². The molecule has 0 amide bonds. The molecule has 0 unspecified atom stereocenters. The fraction of sp³-hybridized carbons (Fsp3) is 0.833. The molecule has 0 N–H and O–H groups in total. The summed E-state index contributed by atoms with van der Waals surface area (Å²) in [5.41, 5.74) is 0. The lowest BCUT2D eigenvalue weighted by atomic mass is 10.9. The van der Waals surface area contributed by atoms with E-state index >= 15 is 0 Å². The summed E-state index contributed by atoms with van der Waals surface area (Å²) in [6.45, 7) is 4.51. The summed E-state index contributed by atoms with van der Waals surface area (Å²) >= 11 is 1.86. The molecule has 0 spiro atoms. The fourth-order valence-electron chi connectivity index (χ4n) is 0.656. The Morgan fingerprint density at radius 1 is 1.56 bits per heavy atom. The van der Waals surface area contributed by atoms with Gasteiger partial charge in [-0.05, 0) is 11.6 Å². The summed E-state index contributed by atoms with van der Waals surface area (Å²) in [4.78, 5) is 0. The van der Waals surface area contributed by atoms with Crippen LogP contribution in [0.15, 0.2) is 0 Å². The highest BCUT2D eigenvalue weighted by molar-refractivity contribution is 8.00. The number of thioether (sulfide) groups is 1. The Morgan fingerprint density at radius 3 is 2.44 bits per heavy atom. The highest BCUT2D eigenvalue weighted by Crippen LogP contribution is 2.12. The minimum Gasteiger partial charge on any atom is -0.199 e. The van der Waals surface area contributed by atoms with Crippen LogP contribution in [0.1, 0.15) is 0 Å². The Bertz CT molecular complexity index is 117. The van der Waals surface area contributed by atoms with Gasteiger partial charge in [0.25, 0.3) is 0 Å². The molecule has 0 aliphatic heterocycles. The highest BCUT2D eigenvalue weighted by Gasteiger charge is 2.18. The molecule has 0 heterocycles. The summed E-state index contributed by atoms with van der Waals surface area (Å²) in [7, 11) is -1.10. The Labute approximate surface area is 62.5 Å². The number of nitriles is 1. The highest BCUT2D eigenvalue weighted by atomic mass is 32.2. The summed E-state index contributed by atoms with van der Waals surface area (Å²) in [5, 5.41) is 9.61. The van der Waals surface area contributed by atoms with Gasteiger partial charge in [0.05, 0.1) is 14.1 Å². The van der Waals surface area contributed by atoms with Crippen molar-refractivity contribution in [3.63, 3.8) is 0 Å². The molecule has 0 aromatic rings. The van der Waals surface area contributed by atoms with Gasteiger partial charge < -0.3 is 0 Å². The van der Waals surface area contributed by atoms with Crippen molar-refractivity contribution in [2.75, 3.05) is 11.6 Å². The van der Waals surface area contributed by atoms with E-state index in [-0.39, 0.29) is 0 Å². The van der Waals surface area contributed by atoms with Crippen molar-refractivity contribution in [3.05, 3.63) is 0 Å². The maximum atomic E-state index is 8.40. The van der Waals surface area contributed by atoms with Crippen LogP contribution in [0.3, 0.4) is 0 Å². The molecule has 0 saturated heterocycles. The Balaban J connectivity index is 3.59. The average Bonchev–Trinajstić information content (AvgIpc) is 1.64. The second kappa shape index (κ2) is 3.97. The first-order valence-corrected chi connectivity index (χ1v) is 7.79. The number of hydrogen-bond donors (Lipinski definition) is 0. The third kappa shape index (κ3) is 4.55. The molecule has 0 saturated carbocycles. The lowest BCUT2D eigenvalue weighted by Gasteiger charge is -2.15. The van der Waals surface area contributed by atoms with Crippen molar-refractivity contribution in [1.29, 1.82) is 5.26 Å². The quantitative estimate of drug-likeness (QED) is 0.589. The molecule has 0 rings (SSSR count). The summed E-state index contributed by atoms with van der Waals surface area (Å²) in [5.74, 6) is 0. The van der Waals surface area contributed by atoms with Crippen LogP contribution < -0.4 is 0 Å². The first-order valence-electron chi connectivity index (χ1n) is 2.98. The van der Waals surface area contributed by atoms with Crippen molar-refractivity contribution >= 4 is 19.8 Å². The van der Waals surface area contributed by atoms with E-state index in [4.69, 9.17) is 5.26 Å². The number of rotatable bonds is 3. The standard InChI is InChI=1S/C6H13NSSi/c1-8-6-9(2,3)5-4-7/h5-6H2,1-3H3. The molecule has 0 fully saturated rings. The van der Waals surface area contributed by atoms with Crippen LogP contribution in [0.2, 0.25) is 19.1 Å². The van der Waals surface area contributed by atoms with Gasteiger partial charge in [-0.25, -0.2) is 0 Å². The molecule has 0 aromatic heterocycles. The second-order valence-electron chi connectivity index (χ2n) is 2.93. The monoisotopic (exact) mass is 159 g/mol. The Kier molecular flexibility index (Phi) is 3.99. The zero-order valence-corrected chi connectivity index (χ0v) is 8.09. The maximum absolute atomic E-state index is 8.40. The van der Waals surface area contributed by atoms with Gasteiger partial charge >= 0.3 is 0 Å². The topological polar surface area (TPSA) is 23.8 Å². The zero-order chi connectivity index (χ0) is 7.33. The molecule has 0 bridgehead atoms. The van der Waals surface area contributed by atoms with E-state index in [2.05, 4.69) is 25.4 Å². The van der Waals surface area contributed by atoms with Gasteiger partial charge in [-0.2, -0.15) is 17.0 Å². The molecule has 0 atom stereocenters. The van der Waals surface area contributed by atoms with E-state index < -0.39 is 8.07 Å². The lowest BCUT2D eigenvalue weighted by molar-refractivity contribution is 1.43. The van der Waals surface area contributed by atoms with Crippen LogP contribution >= 0.6 is 11.8 Å². The van der Waals surface area contributed by atoms with Crippen molar-refractivity contribution in [2.24, 2.45) is 0 Å². The number of nitrogens with zero attached hydrogens (tertiary/aromatic N) is 1. The van der Waals surface area contributed by atoms with E-state index in [0.29, 0.717) is 0 Å². The molecule has 0 aliphatic carbocycles. The normalized spacial score (nSPS) is 10.9. The smallest absolute Gasteiger partial charge is 0.0732 e. The minimum atomic E-state index is -1.10. The Morgan fingerprint density at radius 2 is 2.11 bits per heavy atom. The van der Waals surface area contributed by atoms with Crippen LogP contribution in [-0.4, -0.2) is 19.7 Å². The molecule has 52 valence electrons. The van der Waals surface area contributed by atoms with Crippen molar-refractivity contribution in [2.45, 2.75) is 19.1 Å². The molecule has 9 heavy (non-hydrogen) atoms. The average molecular weight is 159 g/mol. The van der Waals surface area contributed by atoms with Gasteiger partial charge in [0, 0.05) is 6.04 Å². The predicted molar refractivity (Wildman–Crippen MR) is 46.3 cm³/mol. The predicted octanol–water partition coefficient (Wildman–Crippen LogP) is 2.12. The van der Waals surface area contributed by atoms with Gasteiger partial charge in [-0.3, -0.25) is 0 Å². The first-order chi connectivity index (χ1) is 4.12. The third-order valence-electron chi connectivity index (χ3n) is 1.09. The largest absolute Gasteiger partial charge is 0.199 e. The molecular formula is C6H13NSSi. The van der Waals surface area contributed by atoms with Gasteiger partial charge in [0.2, 0.25) is 0 Å². The van der Waals surface area contributed by atoms with Crippen molar-refractivity contribution < 1.29 is 0 Å². The van der Waals surface area contributed by atoms with Crippen LogP contribution in [0.4, 0.5) is 0 Å². The summed E-state index contributed by atoms with van der Waals surface area (Å²) < 4.78 is 0. The molecule has 0 radical (unpaired) electrons. The Hall–Kier alpha value is 0.0569. The molecule has 0 aromatic carbocycles. The molecule has 1 nitrogen and oxygen atoms in total. The van der Waals surface area contributed by atoms with Crippen molar-refractivity contribution in [3.8, 4) is 6.07 Å². The van der Waals surface area contributed by atoms with Gasteiger partial charge in [0.1, 0.15) is 0 Å². The van der Waals surface area contributed by atoms with E-state index in [1.54, 1.807) is 0 Å². The van der Waals surface area contributed by atoms with E-state index in [0.717, 1.165) is 6.04 Å². The van der Waals surface area contributed by atoms with Crippen LogP contribution in [0, 0.1) is 11.3 Å². The second-order valence-corrected chi connectivity index (χ2v) is 9.35. The minimum absolute atomic E-state index is 0.799. The van der Waals surface area contributed by atoms with Crippen LogP contribution in [0.5, 0.6) is 0 Å². The van der Waals surface area contributed by atoms with E-state index in [1.165, 1.54) is 5.38 Å². The fourth-order valence-corrected chi connectivity index (χ4v) is 4.62. The molecule has 3 heteroatoms. The summed E-state index contributed by atoms with van der Waals surface area (Å²) in [6.07, 6.45) is 2.10. The summed E-state index contributed by atoms with van der Waals surface area (Å²) in [6, 6.07) is 3.04. The number of hydrogen-bond acceptors (Lipinski definition) is 2. The van der Waals surface area contributed by atoms with Gasteiger partial charge in [-0.15, -0.1) is 0 Å². The third-order valence-corrected chi connectivity index (χ3v) is 6.49. The zero-order valence-electron chi connectivity index (χ0n) is 6.27.